The van der Waals surface area contributed by atoms with Crippen LogP contribution in [0, 0.1) is 0 Å². The van der Waals surface area contributed by atoms with Crippen molar-refractivity contribution >= 4 is 11.9 Å². The van der Waals surface area contributed by atoms with Crippen molar-refractivity contribution in [3.63, 3.8) is 0 Å². The predicted octanol–water partition coefficient (Wildman–Crippen LogP) is 2.31. The zero-order valence-electron chi connectivity index (χ0n) is 13.8. The highest BCUT2D eigenvalue weighted by Gasteiger charge is 2.23. The number of hydrogen-bond acceptors (Lipinski definition) is 5. The van der Waals surface area contributed by atoms with Crippen LogP contribution in [0.25, 0.3) is 0 Å². The molecular weight excluding hydrogens is 298 g/mol. The lowest BCUT2D eigenvalue weighted by Crippen LogP contribution is -2.40. The van der Waals surface area contributed by atoms with Crippen molar-refractivity contribution in [3.05, 3.63) is 23.8 Å². The second kappa shape index (κ2) is 7.85. The van der Waals surface area contributed by atoms with Gasteiger partial charge in [-0.15, -0.1) is 0 Å². The van der Waals surface area contributed by atoms with E-state index in [0.717, 1.165) is 25.7 Å². The van der Waals surface area contributed by atoms with E-state index in [4.69, 9.17) is 14.2 Å². The van der Waals surface area contributed by atoms with Gasteiger partial charge in [0.1, 0.15) is 0 Å². The van der Waals surface area contributed by atoms with E-state index < -0.39 is 12.1 Å². The van der Waals surface area contributed by atoms with Crippen LogP contribution in [0.1, 0.15) is 43.0 Å². The minimum Gasteiger partial charge on any atom is -0.493 e. The molecule has 0 spiro atoms. The fourth-order valence-electron chi connectivity index (χ4n) is 2.63. The van der Waals surface area contributed by atoms with Crippen LogP contribution in [0.2, 0.25) is 0 Å². The van der Waals surface area contributed by atoms with Crippen LogP contribution in [0.15, 0.2) is 18.2 Å². The number of carbonyl (C=O) groups is 2. The first-order valence-corrected chi connectivity index (χ1v) is 7.78. The van der Waals surface area contributed by atoms with E-state index in [0.29, 0.717) is 17.1 Å². The minimum absolute atomic E-state index is 0.199. The van der Waals surface area contributed by atoms with Crippen LogP contribution in [-0.4, -0.2) is 38.2 Å². The zero-order valence-corrected chi connectivity index (χ0v) is 13.8. The summed E-state index contributed by atoms with van der Waals surface area (Å²) in [5.74, 6) is 0.131. The monoisotopic (exact) mass is 321 g/mol. The molecule has 1 aliphatic rings. The fourth-order valence-corrected chi connectivity index (χ4v) is 2.63. The summed E-state index contributed by atoms with van der Waals surface area (Å²) in [6, 6.07) is 4.93. The van der Waals surface area contributed by atoms with Gasteiger partial charge in [0.25, 0.3) is 5.91 Å². The van der Waals surface area contributed by atoms with E-state index in [1.807, 2.05) is 0 Å². The number of hydrogen-bond donors (Lipinski definition) is 1. The van der Waals surface area contributed by atoms with Crippen LogP contribution < -0.4 is 14.8 Å². The summed E-state index contributed by atoms with van der Waals surface area (Å²) in [6.07, 6.45) is 3.40. The summed E-state index contributed by atoms with van der Waals surface area (Å²) in [7, 11) is 3.01. The number of ether oxygens (including phenoxy) is 3. The van der Waals surface area contributed by atoms with Crippen LogP contribution in [-0.2, 0) is 9.53 Å². The van der Waals surface area contributed by atoms with Crippen molar-refractivity contribution in [2.24, 2.45) is 0 Å². The molecule has 126 valence electrons. The average molecular weight is 321 g/mol. The maximum absolute atomic E-state index is 12.2. The van der Waals surface area contributed by atoms with E-state index in [1.165, 1.54) is 20.3 Å². The molecule has 6 nitrogen and oxygen atoms in total. The molecule has 0 heterocycles. The first-order valence-electron chi connectivity index (χ1n) is 7.78. The third kappa shape index (κ3) is 4.37. The van der Waals surface area contributed by atoms with Gasteiger partial charge in [0.15, 0.2) is 17.6 Å². The molecule has 0 radical (unpaired) electrons. The first-order chi connectivity index (χ1) is 11.0. The lowest BCUT2D eigenvalue weighted by Gasteiger charge is -2.17. The van der Waals surface area contributed by atoms with Crippen LogP contribution in [0.4, 0.5) is 0 Å². The maximum Gasteiger partial charge on any atom is 0.339 e. The summed E-state index contributed by atoms with van der Waals surface area (Å²) >= 11 is 0. The van der Waals surface area contributed by atoms with Gasteiger partial charge in [-0.2, -0.15) is 0 Å². The molecule has 23 heavy (non-hydrogen) atoms. The van der Waals surface area contributed by atoms with Crippen molar-refractivity contribution < 1.29 is 23.8 Å². The molecule has 0 saturated heterocycles. The minimum atomic E-state index is -0.837. The first kappa shape index (κ1) is 17.1. The molecule has 1 N–H and O–H groups in total. The Morgan fingerprint density at radius 1 is 1.13 bits per heavy atom. The summed E-state index contributed by atoms with van der Waals surface area (Å²) < 4.78 is 15.5. The molecule has 1 atom stereocenters. The molecule has 1 amide bonds. The van der Waals surface area contributed by atoms with Crippen molar-refractivity contribution in [2.75, 3.05) is 14.2 Å². The molecule has 6 heteroatoms. The van der Waals surface area contributed by atoms with Crippen LogP contribution >= 0.6 is 0 Å². The molecular formula is C17H23NO5. The molecule has 1 fully saturated rings. The Labute approximate surface area is 136 Å². The number of esters is 1. The standard InChI is InChI=1S/C17H23NO5/c1-11(16(19)18-13-6-4-5-7-13)23-17(20)12-8-9-14(21-2)15(10-12)22-3/h8-11,13H,4-7H2,1-3H3,(H,18,19). The molecule has 1 aromatic rings. The van der Waals surface area contributed by atoms with Gasteiger partial charge in [-0.3, -0.25) is 4.79 Å². The highest BCUT2D eigenvalue weighted by molar-refractivity contribution is 5.92. The Hall–Kier alpha value is -2.24. The number of nitrogens with one attached hydrogen (secondary N) is 1. The summed E-state index contributed by atoms with van der Waals surface area (Å²) in [5.41, 5.74) is 0.308. The second-order valence-electron chi connectivity index (χ2n) is 5.61. The average Bonchev–Trinajstić information content (AvgIpc) is 3.06. The molecule has 0 bridgehead atoms. The number of benzene rings is 1. The Kier molecular flexibility index (Phi) is 5.84. The van der Waals surface area contributed by atoms with Gasteiger partial charge in [-0.25, -0.2) is 4.79 Å². The molecule has 1 unspecified atom stereocenters. The topological polar surface area (TPSA) is 73.9 Å². The number of carbonyl (C=O) groups excluding carboxylic acids is 2. The lowest BCUT2D eigenvalue weighted by molar-refractivity contribution is -0.129. The van der Waals surface area contributed by atoms with Crippen molar-refractivity contribution in [1.82, 2.24) is 5.32 Å². The lowest BCUT2D eigenvalue weighted by atomic mass is 10.2. The number of methoxy groups -OCH3 is 2. The van der Waals surface area contributed by atoms with E-state index in [9.17, 15) is 9.59 Å². The van der Waals surface area contributed by atoms with Crippen LogP contribution in [0.3, 0.4) is 0 Å². The van der Waals surface area contributed by atoms with Crippen molar-refractivity contribution in [2.45, 2.75) is 44.8 Å². The van der Waals surface area contributed by atoms with Crippen molar-refractivity contribution in [1.29, 1.82) is 0 Å². The number of amides is 1. The highest BCUT2D eigenvalue weighted by atomic mass is 16.5. The molecule has 0 aromatic heterocycles. The molecule has 2 rings (SSSR count). The van der Waals surface area contributed by atoms with E-state index in [2.05, 4.69) is 5.32 Å². The molecule has 0 aliphatic heterocycles. The second-order valence-corrected chi connectivity index (χ2v) is 5.61. The molecule has 1 saturated carbocycles. The van der Waals surface area contributed by atoms with E-state index in [1.54, 1.807) is 19.1 Å². The van der Waals surface area contributed by atoms with Gasteiger partial charge in [-0.05, 0) is 38.0 Å². The molecule has 1 aromatic carbocycles. The Bertz CT molecular complexity index is 566. The third-order valence-electron chi connectivity index (χ3n) is 3.97. The summed E-state index contributed by atoms with van der Waals surface area (Å²) in [4.78, 5) is 24.2. The van der Waals surface area contributed by atoms with Gasteiger partial charge >= 0.3 is 5.97 Å². The van der Waals surface area contributed by atoms with Gasteiger partial charge < -0.3 is 19.5 Å². The van der Waals surface area contributed by atoms with Gasteiger partial charge in [-0.1, -0.05) is 12.8 Å². The van der Waals surface area contributed by atoms with E-state index >= 15 is 0 Å². The maximum atomic E-state index is 12.2. The van der Waals surface area contributed by atoms with Gasteiger partial charge in [0, 0.05) is 6.04 Å². The summed E-state index contributed by atoms with van der Waals surface area (Å²) in [5, 5.41) is 2.92. The van der Waals surface area contributed by atoms with Gasteiger partial charge in [0.05, 0.1) is 19.8 Å². The van der Waals surface area contributed by atoms with E-state index in [-0.39, 0.29) is 11.9 Å². The third-order valence-corrected chi connectivity index (χ3v) is 3.97. The zero-order chi connectivity index (χ0) is 16.8. The largest absolute Gasteiger partial charge is 0.493 e. The fraction of sp³-hybridized carbons (Fsp3) is 0.529. The Balaban J connectivity index is 1.96. The Morgan fingerprint density at radius 2 is 1.78 bits per heavy atom. The SMILES string of the molecule is COc1ccc(C(=O)OC(C)C(=O)NC2CCCC2)cc1OC. The van der Waals surface area contributed by atoms with Crippen molar-refractivity contribution in [3.8, 4) is 11.5 Å². The quantitative estimate of drug-likeness (QED) is 0.814. The normalized spacial score (nSPS) is 15.8. The number of rotatable bonds is 6. The van der Waals surface area contributed by atoms with Crippen LogP contribution in [0.5, 0.6) is 11.5 Å². The summed E-state index contributed by atoms with van der Waals surface area (Å²) in [6.45, 7) is 1.57. The Morgan fingerprint density at radius 3 is 2.39 bits per heavy atom. The predicted molar refractivity (Wildman–Crippen MR) is 84.8 cm³/mol. The van der Waals surface area contributed by atoms with Gasteiger partial charge in [0.2, 0.25) is 0 Å². The highest BCUT2D eigenvalue weighted by Crippen LogP contribution is 2.28. The smallest absolute Gasteiger partial charge is 0.339 e. The molecule has 1 aliphatic carbocycles.